The fraction of sp³-hybridized carbons (Fsp3) is 0.250. The molecule has 6 heteroatoms. The van der Waals surface area contributed by atoms with Crippen LogP contribution in [-0.4, -0.2) is 19.5 Å². The van der Waals surface area contributed by atoms with E-state index in [9.17, 15) is 9.59 Å². The normalized spacial score (nSPS) is 10.7. The van der Waals surface area contributed by atoms with Gasteiger partial charge in [0.1, 0.15) is 0 Å². The highest BCUT2D eigenvalue weighted by atomic mass is 16.2. The van der Waals surface area contributed by atoms with E-state index in [1.54, 1.807) is 6.92 Å². The molecule has 0 saturated carbocycles. The van der Waals surface area contributed by atoms with E-state index in [0.29, 0.717) is 11.3 Å². The van der Waals surface area contributed by atoms with Crippen molar-refractivity contribution >= 4 is 11.2 Å². The van der Waals surface area contributed by atoms with E-state index in [2.05, 4.69) is 15.0 Å². The van der Waals surface area contributed by atoms with E-state index in [0.717, 1.165) is 0 Å². The number of rotatable bonds is 0. The molecule has 2 heterocycles. The van der Waals surface area contributed by atoms with Gasteiger partial charge in [-0.3, -0.25) is 14.3 Å². The van der Waals surface area contributed by atoms with E-state index < -0.39 is 11.2 Å². The largest absolute Gasteiger partial charge is 0.329 e. The summed E-state index contributed by atoms with van der Waals surface area (Å²) in [7, 11) is 1.53. The van der Waals surface area contributed by atoms with Gasteiger partial charge in [0.25, 0.3) is 5.56 Å². The first kappa shape index (κ1) is 8.61. The fourth-order valence-corrected chi connectivity index (χ4v) is 1.21. The summed E-state index contributed by atoms with van der Waals surface area (Å²) < 4.78 is 1.25. The van der Waals surface area contributed by atoms with Gasteiger partial charge in [-0.05, 0) is 6.92 Å². The molecule has 0 bridgehead atoms. The van der Waals surface area contributed by atoms with Crippen LogP contribution in [0.3, 0.4) is 0 Å². The lowest BCUT2D eigenvalue weighted by atomic mass is 10.4. The highest BCUT2D eigenvalue weighted by Gasteiger charge is 2.06. The number of fused-ring (bicyclic) bond motifs is 1. The molecule has 2 rings (SSSR count). The minimum Gasteiger partial charge on any atom is -0.279 e. The van der Waals surface area contributed by atoms with Gasteiger partial charge in [-0.15, -0.1) is 0 Å². The predicted octanol–water partition coefficient (Wildman–Crippen LogP) is -0.675. The first-order valence-corrected chi connectivity index (χ1v) is 4.02. The zero-order chi connectivity index (χ0) is 10.3. The fourth-order valence-electron chi connectivity index (χ4n) is 1.21. The quantitative estimate of drug-likeness (QED) is 0.600. The minimum absolute atomic E-state index is 0.187. The van der Waals surface area contributed by atoms with Crippen molar-refractivity contribution in [3.8, 4) is 0 Å². The molecule has 0 radical (unpaired) electrons. The van der Waals surface area contributed by atoms with Crippen molar-refractivity contribution in [2.75, 3.05) is 0 Å². The van der Waals surface area contributed by atoms with Crippen molar-refractivity contribution in [3.63, 3.8) is 0 Å². The predicted molar refractivity (Wildman–Crippen MR) is 50.1 cm³/mol. The Balaban J connectivity index is 3.10. The molecule has 0 spiro atoms. The van der Waals surface area contributed by atoms with Gasteiger partial charge >= 0.3 is 5.69 Å². The smallest absolute Gasteiger partial charge is 0.279 e. The molecule has 14 heavy (non-hydrogen) atoms. The molecule has 72 valence electrons. The van der Waals surface area contributed by atoms with Crippen LogP contribution < -0.4 is 11.2 Å². The van der Waals surface area contributed by atoms with Gasteiger partial charge in [0.2, 0.25) is 0 Å². The molecule has 6 nitrogen and oxygen atoms in total. The molecule has 2 aromatic rings. The summed E-state index contributed by atoms with van der Waals surface area (Å²) in [5.41, 5.74) is 0.137. The molecular formula is C8H8N4O2. The van der Waals surface area contributed by atoms with Crippen LogP contribution in [0.4, 0.5) is 0 Å². The summed E-state index contributed by atoms with van der Waals surface area (Å²) in [6, 6.07) is 0. The van der Waals surface area contributed by atoms with E-state index in [1.807, 2.05) is 0 Å². The lowest BCUT2D eigenvalue weighted by molar-refractivity contribution is 0.822. The summed E-state index contributed by atoms with van der Waals surface area (Å²) in [6.07, 6.45) is 1.52. The maximum atomic E-state index is 11.3. The molecule has 1 N–H and O–H groups in total. The van der Waals surface area contributed by atoms with Crippen LogP contribution >= 0.6 is 0 Å². The number of aryl methyl sites for hydroxylation is 2. The average molecular weight is 192 g/mol. The lowest BCUT2D eigenvalue weighted by Gasteiger charge is -2.01. The van der Waals surface area contributed by atoms with Crippen LogP contribution in [0.15, 0.2) is 15.8 Å². The summed E-state index contributed by atoms with van der Waals surface area (Å²) >= 11 is 0. The van der Waals surface area contributed by atoms with Crippen molar-refractivity contribution in [1.82, 2.24) is 19.5 Å². The highest BCUT2D eigenvalue weighted by Crippen LogP contribution is 1.99. The summed E-state index contributed by atoms with van der Waals surface area (Å²) in [5, 5.41) is 0. The Hall–Kier alpha value is -1.98. The molecule has 0 atom stereocenters. The van der Waals surface area contributed by atoms with Crippen LogP contribution in [0.2, 0.25) is 0 Å². The zero-order valence-electron chi connectivity index (χ0n) is 7.74. The summed E-state index contributed by atoms with van der Waals surface area (Å²) in [5.74, 6) is 0. The van der Waals surface area contributed by atoms with Crippen LogP contribution in [0.5, 0.6) is 0 Å². The van der Waals surface area contributed by atoms with Gasteiger partial charge in [0, 0.05) is 7.05 Å². The van der Waals surface area contributed by atoms with E-state index in [-0.39, 0.29) is 5.52 Å². The van der Waals surface area contributed by atoms with Crippen molar-refractivity contribution in [2.45, 2.75) is 6.92 Å². The molecule has 0 amide bonds. The number of aromatic nitrogens is 4. The number of aromatic amines is 1. The third-order valence-corrected chi connectivity index (χ3v) is 1.93. The second-order valence-corrected chi connectivity index (χ2v) is 3.00. The van der Waals surface area contributed by atoms with Gasteiger partial charge in [-0.25, -0.2) is 14.8 Å². The van der Waals surface area contributed by atoms with Crippen molar-refractivity contribution in [3.05, 3.63) is 32.7 Å². The first-order valence-electron chi connectivity index (χ1n) is 4.02. The molecule has 0 saturated heterocycles. The van der Waals surface area contributed by atoms with Gasteiger partial charge in [0.15, 0.2) is 11.2 Å². The second-order valence-electron chi connectivity index (χ2n) is 3.00. The number of hydrogen-bond donors (Lipinski definition) is 1. The number of H-pyrrole nitrogens is 1. The average Bonchev–Trinajstić information content (AvgIpc) is 2.14. The van der Waals surface area contributed by atoms with E-state index in [4.69, 9.17) is 0 Å². The number of hydrogen-bond acceptors (Lipinski definition) is 4. The molecule has 0 aliphatic rings. The Kier molecular flexibility index (Phi) is 1.70. The maximum Gasteiger partial charge on any atom is 0.329 e. The second kappa shape index (κ2) is 2.76. The molecule has 2 aromatic heterocycles. The van der Waals surface area contributed by atoms with Crippen LogP contribution in [-0.2, 0) is 7.05 Å². The third-order valence-electron chi connectivity index (χ3n) is 1.93. The zero-order valence-corrected chi connectivity index (χ0v) is 7.74. The Morgan fingerprint density at radius 2 is 2.14 bits per heavy atom. The van der Waals surface area contributed by atoms with Crippen molar-refractivity contribution in [2.24, 2.45) is 7.05 Å². The molecule has 0 aromatic carbocycles. The summed E-state index contributed by atoms with van der Waals surface area (Å²) in [6.45, 7) is 1.73. The standard InChI is InChI=1S/C8H8N4O2/c1-4-3-9-6-5(10-4)7(13)11-8(14)12(6)2/h3H,1-2H3,(H,11,13,14). The van der Waals surface area contributed by atoms with Crippen LogP contribution in [0.1, 0.15) is 5.69 Å². The molecule has 0 aliphatic carbocycles. The molecular weight excluding hydrogens is 184 g/mol. The van der Waals surface area contributed by atoms with Crippen LogP contribution in [0.25, 0.3) is 11.2 Å². The van der Waals surface area contributed by atoms with Gasteiger partial charge in [-0.1, -0.05) is 0 Å². The molecule has 0 fully saturated rings. The van der Waals surface area contributed by atoms with Gasteiger partial charge in [0.05, 0.1) is 11.9 Å². The number of nitrogens with zero attached hydrogens (tertiary/aromatic N) is 3. The Bertz CT molecular complexity index is 611. The Labute approximate surface area is 78.3 Å². The summed E-state index contributed by atoms with van der Waals surface area (Å²) in [4.78, 5) is 32.7. The maximum absolute atomic E-state index is 11.3. The molecule has 0 unspecified atom stereocenters. The van der Waals surface area contributed by atoms with Gasteiger partial charge < -0.3 is 0 Å². The topological polar surface area (TPSA) is 80.6 Å². The van der Waals surface area contributed by atoms with Crippen molar-refractivity contribution < 1.29 is 0 Å². The SMILES string of the molecule is Cc1cnc2c(n1)c(=O)[nH]c(=O)n2C. The highest BCUT2D eigenvalue weighted by molar-refractivity contribution is 5.68. The van der Waals surface area contributed by atoms with E-state index in [1.165, 1.54) is 17.8 Å². The van der Waals surface area contributed by atoms with E-state index >= 15 is 0 Å². The number of nitrogens with one attached hydrogen (secondary N) is 1. The third kappa shape index (κ3) is 1.12. The monoisotopic (exact) mass is 192 g/mol. The Morgan fingerprint density at radius 3 is 2.86 bits per heavy atom. The minimum atomic E-state index is -0.501. The van der Waals surface area contributed by atoms with Crippen LogP contribution in [0, 0.1) is 6.92 Å². The Morgan fingerprint density at radius 1 is 1.43 bits per heavy atom. The molecule has 0 aliphatic heterocycles. The van der Waals surface area contributed by atoms with Crippen molar-refractivity contribution in [1.29, 1.82) is 0 Å². The first-order chi connectivity index (χ1) is 6.59. The lowest BCUT2D eigenvalue weighted by Crippen LogP contribution is -2.29. The van der Waals surface area contributed by atoms with Gasteiger partial charge in [-0.2, -0.15) is 0 Å².